The molecule has 1 saturated heterocycles. The van der Waals surface area contributed by atoms with Crippen molar-refractivity contribution >= 4 is 29.2 Å². The summed E-state index contributed by atoms with van der Waals surface area (Å²) in [6.45, 7) is 2.85. The Morgan fingerprint density at radius 3 is 2.47 bits per heavy atom. The fourth-order valence-corrected chi connectivity index (χ4v) is 7.26. The van der Waals surface area contributed by atoms with Crippen molar-refractivity contribution in [1.82, 2.24) is 20.2 Å². The van der Waals surface area contributed by atoms with Gasteiger partial charge < -0.3 is 23.8 Å². The Labute approximate surface area is 322 Å². The molecule has 3 aromatic rings. The first-order valence-electron chi connectivity index (χ1n) is 18.3. The average Bonchev–Trinajstić information content (AvgIpc) is 4.02. The summed E-state index contributed by atoms with van der Waals surface area (Å²) in [5.41, 5.74) is 4.89. The van der Waals surface area contributed by atoms with E-state index in [4.69, 9.17) is 41.0 Å². The predicted octanol–water partition coefficient (Wildman–Crippen LogP) is 6.69. The lowest BCUT2D eigenvalue weighted by Crippen LogP contribution is -2.60. The number of amides is 2. The fourth-order valence-electron chi connectivity index (χ4n) is 7.05. The third-order valence-electron chi connectivity index (χ3n) is 10.0. The van der Waals surface area contributed by atoms with E-state index in [2.05, 4.69) is 9.82 Å². The van der Waals surface area contributed by atoms with Gasteiger partial charge in [0, 0.05) is 29.9 Å². The summed E-state index contributed by atoms with van der Waals surface area (Å²) in [4.78, 5) is 41.1. The van der Waals surface area contributed by atoms with Crippen LogP contribution in [0.2, 0.25) is 5.02 Å². The number of aryl methyl sites for hydroxylation is 1. The van der Waals surface area contributed by atoms with Crippen molar-refractivity contribution in [1.29, 1.82) is 0 Å². The highest BCUT2D eigenvalue weighted by Gasteiger charge is 2.48. The van der Waals surface area contributed by atoms with Crippen LogP contribution < -0.4 is 9.47 Å². The standard InChI is InChI=1S/C39H45ClF2N4O9/c1-24-27(15-16-43-37(24)51-2)21-44(28-11-12-28)38(47)34-30(20-29-22-52-23-33(34)45(29)39(48)54-17-3-4-19-55-46(49)50)26-9-7-25(8-10-26)6-5-18-53-36-32(42)14-13-31(41)35(36)40/h7-10,13-16,28-29,33,49-50H,3-6,11-12,17-23H2,1-2H3. The minimum atomic E-state index is -0.756. The molecule has 55 heavy (non-hydrogen) atoms. The monoisotopic (exact) mass is 786 g/mol. The average molecular weight is 787 g/mol. The number of carbonyl (C=O) groups is 2. The maximum absolute atomic E-state index is 15.0. The lowest BCUT2D eigenvalue weighted by molar-refractivity contribution is -0.492. The second-order valence-electron chi connectivity index (χ2n) is 13.7. The fraction of sp³-hybridized carbons (Fsp3) is 0.462. The molecule has 2 fully saturated rings. The SMILES string of the molecule is COc1nccc(CN(C(=O)C2=C(c3ccc(CCCOc4c(F)ccc(F)c4Cl)cc3)CC3COCC2N3C(=O)OCCCCON(O)O)C2CC2)c1C. The number of rotatable bonds is 17. The van der Waals surface area contributed by atoms with Crippen LogP contribution in [0.25, 0.3) is 5.57 Å². The Morgan fingerprint density at radius 1 is 1.00 bits per heavy atom. The molecule has 3 aliphatic rings. The Kier molecular flexibility index (Phi) is 13.6. The van der Waals surface area contributed by atoms with Gasteiger partial charge in [0.25, 0.3) is 5.91 Å². The number of ether oxygens (including phenoxy) is 4. The second-order valence-corrected chi connectivity index (χ2v) is 14.1. The van der Waals surface area contributed by atoms with E-state index in [9.17, 15) is 18.4 Å². The van der Waals surface area contributed by atoms with E-state index in [-0.39, 0.29) is 62.2 Å². The first kappa shape index (κ1) is 40.3. The van der Waals surface area contributed by atoms with Crippen molar-refractivity contribution in [3.63, 3.8) is 0 Å². The van der Waals surface area contributed by atoms with E-state index in [0.29, 0.717) is 50.1 Å². The molecule has 2 unspecified atom stereocenters. The van der Waals surface area contributed by atoms with E-state index in [1.807, 2.05) is 42.2 Å². The van der Waals surface area contributed by atoms with Crippen molar-refractivity contribution in [2.75, 3.05) is 40.1 Å². The van der Waals surface area contributed by atoms with Gasteiger partial charge in [0.2, 0.25) is 5.88 Å². The molecule has 6 rings (SSSR count). The lowest BCUT2D eigenvalue weighted by Gasteiger charge is -2.47. The number of morpholine rings is 1. The van der Waals surface area contributed by atoms with Crippen LogP contribution in [0, 0.1) is 18.6 Å². The molecule has 2 N–H and O–H groups in total. The van der Waals surface area contributed by atoms with Gasteiger partial charge in [-0.1, -0.05) is 35.9 Å². The van der Waals surface area contributed by atoms with E-state index in [0.717, 1.165) is 52.8 Å². The van der Waals surface area contributed by atoms with E-state index in [1.54, 1.807) is 18.2 Å². The molecular formula is C39H45ClF2N4O9. The minimum Gasteiger partial charge on any atom is -0.489 e. The van der Waals surface area contributed by atoms with Gasteiger partial charge in [0.15, 0.2) is 11.6 Å². The number of halogens is 3. The van der Waals surface area contributed by atoms with Crippen LogP contribution in [0.4, 0.5) is 13.6 Å². The van der Waals surface area contributed by atoms with Crippen molar-refractivity contribution in [2.24, 2.45) is 0 Å². The number of aromatic nitrogens is 1. The molecule has 0 spiro atoms. The molecule has 0 radical (unpaired) electrons. The van der Waals surface area contributed by atoms with Gasteiger partial charge in [-0.2, -0.15) is 0 Å². The number of unbranched alkanes of at least 4 members (excludes halogenated alkanes) is 1. The van der Waals surface area contributed by atoms with Crippen molar-refractivity contribution in [3.8, 4) is 11.6 Å². The third-order valence-corrected chi connectivity index (χ3v) is 10.4. The Morgan fingerprint density at radius 2 is 1.75 bits per heavy atom. The second kappa shape index (κ2) is 18.5. The first-order valence-corrected chi connectivity index (χ1v) is 18.7. The Balaban J connectivity index is 1.24. The summed E-state index contributed by atoms with van der Waals surface area (Å²) in [6, 6.07) is 10.6. The zero-order chi connectivity index (χ0) is 39.1. The van der Waals surface area contributed by atoms with E-state index >= 15 is 0 Å². The summed E-state index contributed by atoms with van der Waals surface area (Å²) in [5, 5.41) is 16.7. The van der Waals surface area contributed by atoms with E-state index in [1.165, 1.54) is 0 Å². The van der Waals surface area contributed by atoms with Crippen molar-refractivity contribution in [2.45, 2.75) is 76.5 Å². The molecule has 296 valence electrons. The number of pyridine rings is 1. The summed E-state index contributed by atoms with van der Waals surface area (Å²) >= 11 is 5.89. The number of methoxy groups -OCH3 is 1. The molecule has 2 aliphatic heterocycles. The maximum Gasteiger partial charge on any atom is 0.410 e. The topological polar surface area (TPSA) is 143 Å². The summed E-state index contributed by atoms with van der Waals surface area (Å²) < 4.78 is 50.6. The molecule has 2 atom stereocenters. The maximum atomic E-state index is 15.0. The molecule has 1 aromatic heterocycles. The Hall–Kier alpha value is -4.38. The lowest BCUT2D eigenvalue weighted by atomic mass is 9.82. The van der Waals surface area contributed by atoms with Gasteiger partial charge in [-0.15, -0.1) is 0 Å². The summed E-state index contributed by atoms with van der Waals surface area (Å²) in [5.74, 6) is -1.49. The smallest absolute Gasteiger partial charge is 0.410 e. The molecule has 13 nitrogen and oxygen atoms in total. The molecular weight excluding hydrogens is 742 g/mol. The van der Waals surface area contributed by atoms with Gasteiger partial charge in [-0.25, -0.2) is 18.6 Å². The van der Waals surface area contributed by atoms with Crippen LogP contribution in [0.3, 0.4) is 0 Å². The molecule has 1 aliphatic carbocycles. The van der Waals surface area contributed by atoms with Crippen LogP contribution in [0.1, 0.15) is 60.8 Å². The van der Waals surface area contributed by atoms with Crippen LogP contribution in [-0.2, 0) is 32.1 Å². The van der Waals surface area contributed by atoms with Gasteiger partial charge in [-0.3, -0.25) is 24.9 Å². The van der Waals surface area contributed by atoms with Crippen LogP contribution in [0.15, 0.2) is 54.2 Å². The van der Waals surface area contributed by atoms with Gasteiger partial charge >= 0.3 is 6.09 Å². The molecule has 1 saturated carbocycles. The predicted molar refractivity (Wildman–Crippen MR) is 194 cm³/mol. The number of hydrogen-bond acceptors (Lipinski definition) is 11. The highest BCUT2D eigenvalue weighted by molar-refractivity contribution is 6.32. The zero-order valence-electron chi connectivity index (χ0n) is 30.7. The van der Waals surface area contributed by atoms with Crippen molar-refractivity contribution in [3.05, 3.63) is 93.1 Å². The molecule has 2 bridgehead atoms. The van der Waals surface area contributed by atoms with Gasteiger partial charge in [0.05, 0.1) is 57.6 Å². The number of benzene rings is 2. The normalized spacial score (nSPS) is 18.1. The van der Waals surface area contributed by atoms with Gasteiger partial charge in [0.1, 0.15) is 10.8 Å². The summed E-state index contributed by atoms with van der Waals surface area (Å²) in [7, 11) is 1.56. The zero-order valence-corrected chi connectivity index (χ0v) is 31.5. The number of fused-ring (bicyclic) bond motifs is 2. The largest absolute Gasteiger partial charge is 0.489 e. The highest BCUT2D eigenvalue weighted by atomic mass is 35.5. The molecule has 2 amide bonds. The minimum absolute atomic E-state index is 0.0221. The number of carbonyl (C=O) groups excluding carboxylic acids is 2. The molecule has 16 heteroatoms. The highest BCUT2D eigenvalue weighted by Crippen LogP contribution is 2.41. The first-order chi connectivity index (χ1) is 26.6. The van der Waals surface area contributed by atoms with Crippen molar-refractivity contribution < 1.29 is 52.6 Å². The molecule has 3 heterocycles. The van der Waals surface area contributed by atoms with Crippen LogP contribution >= 0.6 is 11.6 Å². The Bertz CT molecular complexity index is 1860. The number of hydrogen-bond donors (Lipinski definition) is 2. The van der Waals surface area contributed by atoms with Crippen LogP contribution in [-0.4, -0.2) is 101 Å². The van der Waals surface area contributed by atoms with E-state index < -0.39 is 28.8 Å². The third kappa shape index (κ3) is 9.72. The number of nitrogens with zero attached hydrogens (tertiary/aromatic N) is 4. The van der Waals surface area contributed by atoms with Crippen LogP contribution in [0.5, 0.6) is 11.6 Å². The quantitative estimate of drug-likeness (QED) is 0.0859. The van der Waals surface area contributed by atoms with Gasteiger partial charge in [-0.05, 0) is 92.3 Å². The molecule has 2 aromatic carbocycles. The summed E-state index contributed by atoms with van der Waals surface area (Å²) in [6.07, 6.45) is 5.12.